The van der Waals surface area contributed by atoms with Crippen molar-refractivity contribution in [1.82, 2.24) is 5.32 Å². The highest BCUT2D eigenvalue weighted by Gasteiger charge is 2.14. The van der Waals surface area contributed by atoms with Crippen LogP contribution in [-0.4, -0.2) is 5.91 Å². The summed E-state index contributed by atoms with van der Waals surface area (Å²) in [6.07, 6.45) is 0. The van der Waals surface area contributed by atoms with E-state index < -0.39 is 23.2 Å². The number of hydrazine groups is 1. The van der Waals surface area contributed by atoms with E-state index in [1.165, 1.54) is 11.3 Å². The summed E-state index contributed by atoms with van der Waals surface area (Å²) < 4.78 is 27.9. The number of nitrogens with one attached hydrogen (secondary N) is 2. The number of hydrogen-bond donors (Lipinski definition) is 3. The normalized spacial score (nSPS) is 10.4. The van der Waals surface area contributed by atoms with E-state index in [-0.39, 0.29) is 12.1 Å². The van der Waals surface area contributed by atoms with Crippen LogP contribution in [0.3, 0.4) is 0 Å². The molecule has 1 aromatic carbocycles. The third-order valence-electron chi connectivity index (χ3n) is 2.49. The van der Waals surface area contributed by atoms with E-state index in [1.807, 2.05) is 16.9 Å². The standard InChI is InChI=1S/C12H10BrF2N3OS/c13-7-3-8(20-5-7)4-17-12(19)6-1-9(14)11(18-16)10(15)2-6/h1-3,5,18H,4,16H2,(H,17,19). The Morgan fingerprint density at radius 2 is 1.95 bits per heavy atom. The lowest BCUT2D eigenvalue weighted by Gasteiger charge is -2.07. The molecule has 2 aromatic rings. The van der Waals surface area contributed by atoms with Crippen LogP contribution in [0, 0.1) is 11.6 Å². The SMILES string of the molecule is NNc1c(F)cc(C(=O)NCc2cc(Br)cs2)cc1F. The van der Waals surface area contributed by atoms with Crippen molar-refractivity contribution in [2.45, 2.75) is 6.54 Å². The monoisotopic (exact) mass is 361 g/mol. The van der Waals surface area contributed by atoms with Crippen LogP contribution < -0.4 is 16.6 Å². The average molecular weight is 362 g/mol. The van der Waals surface area contributed by atoms with Gasteiger partial charge < -0.3 is 10.7 Å². The minimum atomic E-state index is -0.920. The second-order valence-electron chi connectivity index (χ2n) is 3.87. The highest BCUT2D eigenvalue weighted by Crippen LogP contribution is 2.21. The van der Waals surface area contributed by atoms with Gasteiger partial charge in [0.1, 0.15) is 5.69 Å². The van der Waals surface area contributed by atoms with Crippen LogP contribution in [0.1, 0.15) is 15.2 Å². The smallest absolute Gasteiger partial charge is 0.251 e. The van der Waals surface area contributed by atoms with Crippen molar-refractivity contribution in [1.29, 1.82) is 0 Å². The van der Waals surface area contributed by atoms with E-state index >= 15 is 0 Å². The van der Waals surface area contributed by atoms with Gasteiger partial charge >= 0.3 is 0 Å². The quantitative estimate of drug-likeness (QED) is 0.579. The molecule has 0 fully saturated rings. The van der Waals surface area contributed by atoms with E-state index in [1.54, 1.807) is 0 Å². The predicted octanol–water partition coefficient (Wildman–Crippen LogP) is 3.00. The Labute approximate surface area is 126 Å². The van der Waals surface area contributed by atoms with E-state index in [0.717, 1.165) is 21.5 Å². The molecule has 0 saturated carbocycles. The molecule has 2 rings (SSSR count). The van der Waals surface area contributed by atoms with Gasteiger partial charge in [-0.3, -0.25) is 10.6 Å². The highest BCUT2D eigenvalue weighted by atomic mass is 79.9. The first kappa shape index (κ1) is 14.9. The number of halogens is 3. The second-order valence-corrected chi connectivity index (χ2v) is 5.78. The van der Waals surface area contributed by atoms with Gasteiger partial charge in [-0.25, -0.2) is 8.78 Å². The van der Waals surface area contributed by atoms with E-state index in [2.05, 4.69) is 21.2 Å². The summed E-state index contributed by atoms with van der Waals surface area (Å²) in [6.45, 7) is 0.287. The molecular weight excluding hydrogens is 352 g/mol. The summed E-state index contributed by atoms with van der Waals surface area (Å²) in [7, 11) is 0. The highest BCUT2D eigenvalue weighted by molar-refractivity contribution is 9.10. The number of rotatable bonds is 4. The number of hydrogen-bond acceptors (Lipinski definition) is 4. The van der Waals surface area contributed by atoms with Crippen molar-refractivity contribution >= 4 is 38.9 Å². The van der Waals surface area contributed by atoms with Crippen LogP contribution in [-0.2, 0) is 6.54 Å². The largest absolute Gasteiger partial charge is 0.347 e. The fourth-order valence-electron chi connectivity index (χ4n) is 1.56. The van der Waals surface area contributed by atoms with Gasteiger partial charge in [0, 0.05) is 20.3 Å². The van der Waals surface area contributed by atoms with Gasteiger partial charge in [-0.1, -0.05) is 0 Å². The number of carbonyl (C=O) groups is 1. The Morgan fingerprint density at radius 1 is 1.30 bits per heavy atom. The van der Waals surface area contributed by atoms with Crippen LogP contribution in [0.15, 0.2) is 28.1 Å². The second kappa shape index (κ2) is 6.29. The van der Waals surface area contributed by atoms with Gasteiger partial charge in [-0.15, -0.1) is 11.3 Å². The molecule has 4 nitrogen and oxygen atoms in total. The summed E-state index contributed by atoms with van der Waals surface area (Å²) in [4.78, 5) is 12.7. The third kappa shape index (κ3) is 3.33. The lowest BCUT2D eigenvalue weighted by Crippen LogP contribution is -2.23. The molecule has 0 atom stereocenters. The van der Waals surface area contributed by atoms with Crippen LogP contribution in [0.5, 0.6) is 0 Å². The van der Waals surface area contributed by atoms with Crippen molar-refractivity contribution in [2.24, 2.45) is 5.84 Å². The van der Waals surface area contributed by atoms with Crippen molar-refractivity contribution < 1.29 is 13.6 Å². The first-order valence-electron chi connectivity index (χ1n) is 5.48. The summed E-state index contributed by atoms with van der Waals surface area (Å²) in [5, 5.41) is 4.46. The minimum absolute atomic E-state index is 0.102. The van der Waals surface area contributed by atoms with Crippen molar-refractivity contribution in [2.75, 3.05) is 5.43 Å². The number of thiophene rings is 1. The van der Waals surface area contributed by atoms with Gasteiger partial charge in [0.25, 0.3) is 5.91 Å². The molecular formula is C12H10BrF2N3OS. The van der Waals surface area contributed by atoms with E-state index in [4.69, 9.17) is 5.84 Å². The maximum absolute atomic E-state index is 13.5. The summed E-state index contributed by atoms with van der Waals surface area (Å²) in [6, 6.07) is 3.71. The Hall–Kier alpha value is -1.51. The topological polar surface area (TPSA) is 67.1 Å². The lowest BCUT2D eigenvalue weighted by atomic mass is 10.1. The number of amides is 1. The molecule has 0 unspecified atom stereocenters. The van der Waals surface area contributed by atoms with E-state index in [9.17, 15) is 13.6 Å². The molecule has 0 aliphatic heterocycles. The molecule has 0 bridgehead atoms. The zero-order valence-electron chi connectivity index (χ0n) is 10.0. The van der Waals surface area contributed by atoms with Crippen LogP contribution in [0.4, 0.5) is 14.5 Å². The Morgan fingerprint density at radius 3 is 2.45 bits per heavy atom. The van der Waals surface area contributed by atoms with Gasteiger partial charge in [0.05, 0.1) is 6.54 Å². The summed E-state index contributed by atoms with van der Waals surface area (Å²) >= 11 is 4.76. The maximum Gasteiger partial charge on any atom is 0.251 e. The molecule has 0 radical (unpaired) electrons. The molecule has 1 aromatic heterocycles. The molecule has 20 heavy (non-hydrogen) atoms. The number of anilines is 1. The average Bonchev–Trinajstić information content (AvgIpc) is 2.81. The first-order valence-corrected chi connectivity index (χ1v) is 7.15. The Bertz CT molecular complexity index is 624. The molecule has 0 aliphatic carbocycles. The zero-order valence-corrected chi connectivity index (χ0v) is 12.4. The molecule has 1 amide bonds. The fourth-order valence-corrected chi connectivity index (χ4v) is 2.95. The summed E-state index contributed by atoms with van der Waals surface area (Å²) in [5.41, 5.74) is 1.33. The number of nitrogens with two attached hydrogens (primary N) is 1. The molecule has 106 valence electrons. The minimum Gasteiger partial charge on any atom is -0.347 e. The number of benzene rings is 1. The van der Waals surface area contributed by atoms with Gasteiger partial charge in [-0.05, 0) is 34.1 Å². The van der Waals surface area contributed by atoms with E-state index in [0.29, 0.717) is 0 Å². The molecule has 4 N–H and O–H groups in total. The van der Waals surface area contributed by atoms with Crippen molar-refractivity contribution in [3.63, 3.8) is 0 Å². The fraction of sp³-hybridized carbons (Fsp3) is 0.0833. The van der Waals surface area contributed by atoms with Crippen molar-refractivity contribution in [3.8, 4) is 0 Å². The van der Waals surface area contributed by atoms with Gasteiger partial charge in [0.2, 0.25) is 0 Å². The van der Waals surface area contributed by atoms with Crippen LogP contribution in [0.2, 0.25) is 0 Å². The Kier molecular flexibility index (Phi) is 4.69. The molecule has 0 spiro atoms. The maximum atomic E-state index is 13.5. The summed E-state index contributed by atoms with van der Waals surface area (Å²) in [5.74, 6) is 2.58. The van der Waals surface area contributed by atoms with Crippen molar-refractivity contribution in [3.05, 3.63) is 50.1 Å². The Balaban J connectivity index is 2.09. The molecule has 1 heterocycles. The number of carbonyl (C=O) groups excluding carboxylic acids is 1. The third-order valence-corrected chi connectivity index (χ3v) is 4.19. The first-order chi connectivity index (χ1) is 9.51. The lowest BCUT2D eigenvalue weighted by molar-refractivity contribution is 0.0950. The van der Waals surface area contributed by atoms with Crippen LogP contribution in [0.25, 0.3) is 0 Å². The number of nitrogen functional groups attached to an aromatic ring is 1. The van der Waals surface area contributed by atoms with Crippen LogP contribution >= 0.6 is 27.3 Å². The zero-order chi connectivity index (χ0) is 14.7. The van der Waals surface area contributed by atoms with Gasteiger partial charge in [-0.2, -0.15) is 0 Å². The molecule has 0 aliphatic rings. The molecule has 0 saturated heterocycles. The van der Waals surface area contributed by atoms with Gasteiger partial charge in [0.15, 0.2) is 11.6 Å². The predicted molar refractivity (Wildman–Crippen MR) is 77.4 cm³/mol. The molecule has 8 heteroatoms.